The maximum absolute atomic E-state index is 11.4. The molecule has 1 saturated heterocycles. The van der Waals surface area contributed by atoms with Gasteiger partial charge in [-0.3, -0.25) is 9.69 Å². The summed E-state index contributed by atoms with van der Waals surface area (Å²) in [4.78, 5) is 23.7. The van der Waals surface area contributed by atoms with Crippen molar-refractivity contribution in [3.8, 4) is 0 Å². The molecule has 1 amide bonds. The van der Waals surface area contributed by atoms with Crippen molar-refractivity contribution in [1.29, 1.82) is 0 Å². The molecule has 0 aromatic carbocycles. The highest BCUT2D eigenvalue weighted by molar-refractivity contribution is 8.24. The van der Waals surface area contributed by atoms with E-state index in [1.807, 2.05) is 6.26 Å². The highest BCUT2D eigenvalue weighted by Gasteiger charge is 2.36. The van der Waals surface area contributed by atoms with E-state index in [-0.39, 0.29) is 11.7 Å². The van der Waals surface area contributed by atoms with E-state index in [4.69, 9.17) is 17.3 Å². The normalized spacial score (nSPS) is 18.3. The molecule has 1 N–H and O–H groups in total. The zero-order chi connectivity index (χ0) is 11.4. The van der Waals surface area contributed by atoms with Crippen LogP contribution in [0.4, 0.5) is 0 Å². The summed E-state index contributed by atoms with van der Waals surface area (Å²) < 4.78 is 0.383. The number of thioether (sulfide) groups is 2. The van der Waals surface area contributed by atoms with Crippen LogP contribution in [0.1, 0.15) is 6.42 Å². The van der Waals surface area contributed by atoms with Crippen molar-refractivity contribution in [2.75, 3.05) is 17.8 Å². The number of carboxylic acids is 1. The summed E-state index contributed by atoms with van der Waals surface area (Å²) in [5.41, 5.74) is 0. The van der Waals surface area contributed by atoms with Crippen molar-refractivity contribution in [3.63, 3.8) is 0 Å². The van der Waals surface area contributed by atoms with E-state index in [0.29, 0.717) is 16.5 Å². The predicted molar refractivity (Wildman–Crippen MR) is 66.3 cm³/mol. The third-order valence-electron chi connectivity index (χ3n) is 1.98. The third-order valence-corrected chi connectivity index (χ3v) is 4.01. The van der Waals surface area contributed by atoms with Crippen LogP contribution in [0, 0.1) is 0 Å². The Morgan fingerprint density at radius 2 is 2.47 bits per heavy atom. The molecule has 4 nitrogen and oxygen atoms in total. The van der Waals surface area contributed by atoms with Crippen molar-refractivity contribution < 1.29 is 14.7 Å². The summed E-state index contributed by atoms with van der Waals surface area (Å²) >= 11 is 7.75. The fraction of sp³-hybridized carbons (Fsp3) is 0.625. The first kappa shape index (κ1) is 12.8. The van der Waals surface area contributed by atoms with Gasteiger partial charge in [0.25, 0.3) is 0 Å². The number of hydrogen-bond donors (Lipinski definition) is 1. The van der Waals surface area contributed by atoms with Crippen molar-refractivity contribution in [1.82, 2.24) is 4.90 Å². The molecule has 1 rings (SSSR count). The lowest BCUT2D eigenvalue weighted by molar-refractivity contribution is -0.145. The van der Waals surface area contributed by atoms with E-state index in [0.717, 1.165) is 0 Å². The molecule has 1 aliphatic heterocycles. The zero-order valence-corrected chi connectivity index (χ0v) is 10.6. The van der Waals surface area contributed by atoms with Gasteiger partial charge >= 0.3 is 5.97 Å². The molecule has 0 aliphatic carbocycles. The first-order valence-corrected chi connectivity index (χ1v) is 7.07. The quantitative estimate of drug-likeness (QED) is 0.750. The van der Waals surface area contributed by atoms with Gasteiger partial charge in [0.1, 0.15) is 10.4 Å². The van der Waals surface area contributed by atoms with Gasteiger partial charge in [0.15, 0.2) is 0 Å². The lowest BCUT2D eigenvalue weighted by Crippen LogP contribution is -2.44. The summed E-state index contributed by atoms with van der Waals surface area (Å²) in [6.07, 6.45) is 2.33. The molecule has 15 heavy (non-hydrogen) atoms. The van der Waals surface area contributed by atoms with Gasteiger partial charge in [0.05, 0.1) is 5.75 Å². The summed E-state index contributed by atoms with van der Waals surface area (Å²) in [6.45, 7) is 0. The Morgan fingerprint density at radius 3 is 2.87 bits per heavy atom. The second kappa shape index (κ2) is 5.72. The Labute approximate surface area is 102 Å². The van der Waals surface area contributed by atoms with Crippen LogP contribution < -0.4 is 0 Å². The minimum atomic E-state index is -0.984. The van der Waals surface area contributed by atoms with Crippen LogP contribution in [0.5, 0.6) is 0 Å². The fourth-order valence-electron chi connectivity index (χ4n) is 1.26. The van der Waals surface area contributed by atoms with Crippen LogP contribution in [0.25, 0.3) is 0 Å². The van der Waals surface area contributed by atoms with Crippen LogP contribution in [0.15, 0.2) is 0 Å². The first-order chi connectivity index (χ1) is 7.07. The third kappa shape index (κ3) is 3.09. The Hall–Kier alpha value is -0.270. The maximum Gasteiger partial charge on any atom is 0.326 e. The van der Waals surface area contributed by atoms with E-state index in [1.165, 1.54) is 16.7 Å². The van der Waals surface area contributed by atoms with Gasteiger partial charge in [-0.15, -0.1) is 0 Å². The minimum Gasteiger partial charge on any atom is -0.480 e. The van der Waals surface area contributed by atoms with E-state index in [9.17, 15) is 9.59 Å². The molecule has 1 heterocycles. The van der Waals surface area contributed by atoms with Gasteiger partial charge in [-0.1, -0.05) is 24.0 Å². The highest BCUT2D eigenvalue weighted by Crippen LogP contribution is 2.23. The van der Waals surface area contributed by atoms with E-state index in [2.05, 4.69) is 0 Å². The number of nitrogens with zero attached hydrogens (tertiary/aromatic N) is 1. The number of rotatable bonds is 5. The highest BCUT2D eigenvalue weighted by atomic mass is 32.2. The van der Waals surface area contributed by atoms with Crippen molar-refractivity contribution >= 4 is 51.9 Å². The summed E-state index contributed by atoms with van der Waals surface area (Å²) in [5.74, 6) is -0.212. The van der Waals surface area contributed by atoms with Gasteiger partial charge in [0, 0.05) is 0 Å². The van der Waals surface area contributed by atoms with Gasteiger partial charge < -0.3 is 5.11 Å². The van der Waals surface area contributed by atoms with Crippen molar-refractivity contribution in [3.05, 3.63) is 0 Å². The van der Waals surface area contributed by atoms with Crippen molar-refractivity contribution in [2.24, 2.45) is 0 Å². The molecular weight excluding hydrogens is 254 g/mol. The number of hydrogen-bond acceptors (Lipinski definition) is 5. The molecule has 0 spiro atoms. The number of amides is 1. The van der Waals surface area contributed by atoms with Crippen LogP contribution >= 0.6 is 35.7 Å². The molecular formula is C8H11NO3S3. The molecule has 0 unspecified atom stereocenters. The van der Waals surface area contributed by atoms with Crippen LogP contribution in [-0.4, -0.2) is 50.0 Å². The van der Waals surface area contributed by atoms with Crippen molar-refractivity contribution in [2.45, 2.75) is 12.5 Å². The molecule has 7 heteroatoms. The number of carbonyl (C=O) groups is 2. The van der Waals surface area contributed by atoms with Gasteiger partial charge in [0.2, 0.25) is 5.91 Å². The second-order valence-corrected chi connectivity index (χ2v) is 5.55. The standard InChI is InChI=1S/C8H11NO3S3/c1-14-3-2-5(7(11)12)9-6(10)4-15-8(9)13/h5H,2-4H2,1H3,(H,11,12)/t5-/m0/s1. The summed E-state index contributed by atoms with van der Waals surface area (Å²) in [5, 5.41) is 9.02. The molecule has 0 aromatic rings. The number of carbonyl (C=O) groups excluding carboxylic acids is 1. The largest absolute Gasteiger partial charge is 0.480 e. The lowest BCUT2D eigenvalue weighted by atomic mass is 10.2. The molecule has 1 aliphatic rings. The SMILES string of the molecule is CSCC[C@@H](C(=O)O)N1C(=O)CSC1=S. The molecule has 0 bridgehead atoms. The Kier molecular flexibility index (Phi) is 4.88. The Morgan fingerprint density at radius 1 is 1.80 bits per heavy atom. The monoisotopic (exact) mass is 265 g/mol. The molecule has 1 atom stereocenters. The number of aliphatic carboxylic acids is 1. The number of carboxylic acid groups (broad SMARTS) is 1. The average molecular weight is 265 g/mol. The molecule has 84 valence electrons. The van der Waals surface area contributed by atoms with Crippen LogP contribution in [0.2, 0.25) is 0 Å². The smallest absolute Gasteiger partial charge is 0.326 e. The van der Waals surface area contributed by atoms with E-state index < -0.39 is 12.0 Å². The Bertz CT molecular complexity index is 279. The molecule has 0 saturated carbocycles. The van der Waals surface area contributed by atoms with Crippen LogP contribution in [-0.2, 0) is 9.59 Å². The molecule has 0 aromatic heterocycles. The fourth-order valence-corrected chi connectivity index (χ4v) is 2.88. The zero-order valence-electron chi connectivity index (χ0n) is 8.13. The maximum atomic E-state index is 11.4. The average Bonchev–Trinajstić information content (AvgIpc) is 2.49. The van der Waals surface area contributed by atoms with E-state index in [1.54, 1.807) is 11.8 Å². The lowest BCUT2D eigenvalue weighted by Gasteiger charge is -2.22. The van der Waals surface area contributed by atoms with Gasteiger partial charge in [-0.2, -0.15) is 11.8 Å². The molecule has 1 fully saturated rings. The van der Waals surface area contributed by atoms with Gasteiger partial charge in [-0.05, 0) is 18.4 Å². The van der Waals surface area contributed by atoms with E-state index >= 15 is 0 Å². The second-order valence-electron chi connectivity index (χ2n) is 2.95. The predicted octanol–water partition coefficient (Wildman–Crippen LogP) is 1.05. The van der Waals surface area contributed by atoms with Crippen LogP contribution in [0.3, 0.4) is 0 Å². The van der Waals surface area contributed by atoms with Gasteiger partial charge in [-0.25, -0.2) is 4.79 Å². The molecule has 0 radical (unpaired) electrons. The first-order valence-electron chi connectivity index (χ1n) is 4.28. The summed E-state index contributed by atoms with van der Waals surface area (Å²) in [7, 11) is 0. The minimum absolute atomic E-state index is 0.196. The topological polar surface area (TPSA) is 57.6 Å². The summed E-state index contributed by atoms with van der Waals surface area (Å²) in [6, 6.07) is -0.799. The number of thiocarbonyl (C=S) groups is 1. The Balaban J connectivity index is 2.74.